The maximum absolute atomic E-state index is 13.1. The summed E-state index contributed by atoms with van der Waals surface area (Å²) in [5, 5.41) is 4.12. The Bertz CT molecular complexity index is 956. The summed E-state index contributed by atoms with van der Waals surface area (Å²) in [6.07, 6.45) is -1.20. The molecule has 26 heavy (non-hydrogen) atoms. The van der Waals surface area contributed by atoms with E-state index in [2.05, 4.69) is 5.16 Å². The molecule has 2 aliphatic rings. The van der Waals surface area contributed by atoms with Crippen LogP contribution in [0, 0.1) is 11.7 Å². The smallest absolute Gasteiger partial charge is 0.278 e. The number of nitrogens with zero attached hydrogens (tertiary/aromatic N) is 2. The van der Waals surface area contributed by atoms with Crippen molar-refractivity contribution in [2.45, 2.75) is 6.10 Å². The molecule has 2 aromatic rings. The molecule has 6 nitrogen and oxygen atoms in total. The number of hydrogen-bond acceptors (Lipinski definition) is 5. The number of anilines is 1. The van der Waals surface area contributed by atoms with Gasteiger partial charge in [-0.15, -0.1) is 0 Å². The van der Waals surface area contributed by atoms with E-state index >= 15 is 0 Å². The van der Waals surface area contributed by atoms with Crippen molar-refractivity contribution in [3.05, 3.63) is 64.9 Å². The van der Waals surface area contributed by atoms with Crippen LogP contribution in [-0.4, -0.2) is 29.4 Å². The monoisotopic (exact) mass is 372 g/mol. The van der Waals surface area contributed by atoms with Crippen molar-refractivity contribution in [3.63, 3.8) is 0 Å². The summed E-state index contributed by atoms with van der Waals surface area (Å²) >= 11 is 5.81. The number of oxime groups is 1. The zero-order valence-electron chi connectivity index (χ0n) is 13.1. The van der Waals surface area contributed by atoms with Crippen molar-refractivity contribution in [2.75, 3.05) is 4.90 Å². The van der Waals surface area contributed by atoms with Gasteiger partial charge in [0, 0.05) is 10.6 Å². The normalized spacial score (nSPS) is 21.5. The molecule has 0 aliphatic carbocycles. The maximum Gasteiger partial charge on any atom is 0.278 e. The highest BCUT2D eigenvalue weighted by Crippen LogP contribution is 2.34. The van der Waals surface area contributed by atoms with Crippen molar-refractivity contribution in [1.82, 2.24) is 0 Å². The van der Waals surface area contributed by atoms with E-state index in [1.54, 1.807) is 0 Å². The lowest BCUT2D eigenvalue weighted by Crippen LogP contribution is -2.34. The van der Waals surface area contributed by atoms with E-state index in [0.29, 0.717) is 5.02 Å². The van der Waals surface area contributed by atoms with Gasteiger partial charge in [-0.05, 0) is 48.5 Å². The number of imide groups is 1. The second-order valence-corrected chi connectivity index (χ2v) is 6.24. The number of carbonyl (C=O) groups is 3. The van der Waals surface area contributed by atoms with Crippen molar-refractivity contribution in [2.24, 2.45) is 11.1 Å². The van der Waals surface area contributed by atoms with Gasteiger partial charge in [-0.3, -0.25) is 14.4 Å². The van der Waals surface area contributed by atoms with Crippen LogP contribution in [0.5, 0.6) is 0 Å². The first-order chi connectivity index (χ1) is 12.5. The topological polar surface area (TPSA) is 76.0 Å². The van der Waals surface area contributed by atoms with Gasteiger partial charge in [0.15, 0.2) is 0 Å². The number of carbonyl (C=O) groups excluding carboxylic acids is 3. The molecule has 0 unspecified atom stereocenters. The number of hydrogen-bond donors (Lipinski definition) is 0. The summed E-state index contributed by atoms with van der Waals surface area (Å²) in [7, 11) is 0. The minimum Gasteiger partial charge on any atom is -0.381 e. The fourth-order valence-electron chi connectivity index (χ4n) is 2.96. The molecule has 0 spiro atoms. The Hall–Kier alpha value is -3.06. The average molecular weight is 373 g/mol. The predicted octanol–water partition coefficient (Wildman–Crippen LogP) is 2.61. The molecule has 0 bridgehead atoms. The van der Waals surface area contributed by atoms with E-state index in [-0.39, 0.29) is 17.0 Å². The number of halogens is 2. The first kappa shape index (κ1) is 16.4. The van der Waals surface area contributed by atoms with Crippen LogP contribution in [0.4, 0.5) is 10.1 Å². The maximum atomic E-state index is 13.1. The molecule has 2 heterocycles. The summed E-state index contributed by atoms with van der Waals surface area (Å²) in [6, 6.07) is 11.0. The molecule has 2 aromatic carbocycles. The van der Waals surface area contributed by atoms with E-state index < -0.39 is 35.4 Å². The van der Waals surface area contributed by atoms with Crippen LogP contribution in [0.2, 0.25) is 5.02 Å². The lowest BCUT2D eigenvalue weighted by atomic mass is 9.93. The second-order valence-electron chi connectivity index (χ2n) is 5.80. The molecule has 1 fully saturated rings. The third kappa shape index (κ3) is 2.48. The molecule has 0 radical (unpaired) electrons. The highest BCUT2D eigenvalue weighted by atomic mass is 35.5. The quantitative estimate of drug-likeness (QED) is 0.613. The molecular formula is C18H10ClFN2O4. The van der Waals surface area contributed by atoms with Gasteiger partial charge in [-0.1, -0.05) is 16.8 Å². The van der Waals surface area contributed by atoms with E-state index in [1.807, 2.05) is 0 Å². The number of benzene rings is 2. The van der Waals surface area contributed by atoms with Crippen molar-refractivity contribution in [3.8, 4) is 0 Å². The lowest BCUT2D eigenvalue weighted by molar-refractivity contribution is -0.126. The van der Waals surface area contributed by atoms with Crippen LogP contribution in [-0.2, 0) is 14.4 Å². The molecular weight excluding hydrogens is 363 g/mol. The van der Waals surface area contributed by atoms with E-state index in [9.17, 15) is 18.8 Å². The second kappa shape index (κ2) is 6.03. The van der Waals surface area contributed by atoms with Crippen LogP contribution < -0.4 is 4.90 Å². The molecule has 4 rings (SSSR count). The highest BCUT2D eigenvalue weighted by Gasteiger charge is 2.57. The number of fused-ring (bicyclic) bond motifs is 1. The van der Waals surface area contributed by atoms with E-state index in [1.165, 1.54) is 36.4 Å². The van der Waals surface area contributed by atoms with Crippen LogP contribution >= 0.6 is 11.6 Å². The van der Waals surface area contributed by atoms with Crippen molar-refractivity contribution < 1.29 is 23.6 Å². The summed E-state index contributed by atoms with van der Waals surface area (Å²) in [6.45, 7) is 0. The lowest BCUT2D eigenvalue weighted by Gasteiger charge is -2.15. The fraction of sp³-hybridized carbons (Fsp3) is 0.111. The van der Waals surface area contributed by atoms with Crippen LogP contribution in [0.25, 0.3) is 0 Å². The molecule has 0 aromatic heterocycles. The minimum absolute atomic E-state index is 0.139. The molecule has 2 atom stereocenters. The number of ketones is 1. The van der Waals surface area contributed by atoms with Crippen LogP contribution in [0.1, 0.15) is 10.4 Å². The van der Waals surface area contributed by atoms with E-state index in [4.69, 9.17) is 16.4 Å². The third-order valence-corrected chi connectivity index (χ3v) is 4.49. The predicted molar refractivity (Wildman–Crippen MR) is 90.5 cm³/mol. The minimum atomic E-state index is -1.20. The Morgan fingerprint density at radius 3 is 2.35 bits per heavy atom. The molecule has 2 aliphatic heterocycles. The Kier molecular flexibility index (Phi) is 3.81. The SMILES string of the molecule is O=C(C1=NO[C@@H]2C(=O)N(c3ccc(F)cc3)C(=O)[C@@H]12)c1ccc(Cl)cc1. The zero-order valence-corrected chi connectivity index (χ0v) is 13.8. The first-order valence-electron chi connectivity index (χ1n) is 7.65. The van der Waals surface area contributed by atoms with Gasteiger partial charge in [-0.2, -0.15) is 0 Å². The number of Topliss-reactive ketones (excluding diaryl/α,β-unsaturated/α-hetero) is 1. The standard InChI is InChI=1S/C18H10ClFN2O4/c19-10-3-1-9(2-4-10)15(23)14-13-16(26-21-14)18(25)22(17(13)24)12-7-5-11(20)6-8-12/h1-8,13,16H/t13-,16-/m0/s1. The van der Waals surface area contributed by atoms with Crippen LogP contribution in [0.3, 0.4) is 0 Å². The Morgan fingerprint density at radius 1 is 1.04 bits per heavy atom. The highest BCUT2D eigenvalue weighted by molar-refractivity contribution is 6.52. The van der Waals surface area contributed by atoms with Crippen molar-refractivity contribution in [1.29, 1.82) is 0 Å². The molecule has 2 amide bonds. The summed E-state index contributed by atoms with van der Waals surface area (Å²) in [5.41, 5.74) is 0.343. The molecule has 8 heteroatoms. The average Bonchev–Trinajstić information content (AvgIpc) is 3.17. The van der Waals surface area contributed by atoms with Gasteiger partial charge in [-0.25, -0.2) is 9.29 Å². The van der Waals surface area contributed by atoms with Gasteiger partial charge in [0.05, 0.1) is 5.69 Å². The third-order valence-electron chi connectivity index (χ3n) is 4.24. The molecule has 0 N–H and O–H groups in total. The van der Waals surface area contributed by atoms with E-state index in [0.717, 1.165) is 17.0 Å². The zero-order chi connectivity index (χ0) is 18.4. The van der Waals surface area contributed by atoms with Gasteiger partial charge in [0.2, 0.25) is 17.8 Å². The number of rotatable bonds is 3. The summed E-state index contributed by atoms with van der Waals surface area (Å²) in [4.78, 5) is 43.9. The van der Waals surface area contributed by atoms with Gasteiger partial charge >= 0.3 is 0 Å². The molecule has 0 saturated carbocycles. The summed E-state index contributed by atoms with van der Waals surface area (Å²) < 4.78 is 13.1. The van der Waals surface area contributed by atoms with Crippen molar-refractivity contribution >= 4 is 40.6 Å². The van der Waals surface area contributed by atoms with Gasteiger partial charge in [0.25, 0.3) is 5.91 Å². The van der Waals surface area contributed by atoms with Gasteiger partial charge in [0.1, 0.15) is 17.4 Å². The molecule has 130 valence electrons. The molecule has 1 saturated heterocycles. The largest absolute Gasteiger partial charge is 0.381 e. The Balaban J connectivity index is 1.65. The Labute approximate surface area is 151 Å². The van der Waals surface area contributed by atoms with Gasteiger partial charge < -0.3 is 4.84 Å². The first-order valence-corrected chi connectivity index (χ1v) is 8.02. The Morgan fingerprint density at radius 2 is 1.69 bits per heavy atom. The van der Waals surface area contributed by atoms with Crippen LogP contribution in [0.15, 0.2) is 53.7 Å². The fourth-order valence-corrected chi connectivity index (χ4v) is 3.09. The number of amides is 2. The summed E-state index contributed by atoms with van der Waals surface area (Å²) in [5.74, 6) is -3.42.